The first-order valence-corrected chi connectivity index (χ1v) is 6.49. The molecule has 5 heteroatoms. The van der Waals surface area contributed by atoms with E-state index in [-0.39, 0.29) is 17.6 Å². The quantitative estimate of drug-likeness (QED) is 0.886. The molecule has 0 spiro atoms. The molecule has 1 aliphatic rings. The van der Waals surface area contributed by atoms with Crippen LogP contribution in [0.4, 0.5) is 0 Å². The summed E-state index contributed by atoms with van der Waals surface area (Å²) in [7, 11) is 1.59. The first-order chi connectivity index (χ1) is 9.19. The van der Waals surface area contributed by atoms with Crippen LogP contribution in [0.2, 0.25) is 0 Å². The monoisotopic (exact) mass is 259 g/mol. The first-order valence-electron chi connectivity index (χ1n) is 6.49. The van der Waals surface area contributed by atoms with Crippen LogP contribution >= 0.6 is 0 Å². The Balaban J connectivity index is 2.11. The van der Waals surface area contributed by atoms with Gasteiger partial charge >= 0.3 is 0 Å². The van der Waals surface area contributed by atoms with Crippen LogP contribution in [0.3, 0.4) is 0 Å². The van der Waals surface area contributed by atoms with Gasteiger partial charge in [-0.05, 0) is 37.5 Å². The third-order valence-corrected chi connectivity index (χ3v) is 3.83. The minimum absolute atomic E-state index is 0.0111. The van der Waals surface area contributed by atoms with Gasteiger partial charge in [-0.2, -0.15) is 0 Å². The number of methoxy groups -OCH3 is 1. The van der Waals surface area contributed by atoms with Crippen LogP contribution in [-0.4, -0.2) is 22.7 Å². The van der Waals surface area contributed by atoms with Crippen molar-refractivity contribution in [2.45, 2.75) is 31.3 Å². The second kappa shape index (κ2) is 4.66. The fourth-order valence-corrected chi connectivity index (χ4v) is 2.75. The molecule has 2 N–H and O–H groups in total. The minimum Gasteiger partial charge on any atom is -0.497 e. The molecule has 3 rings (SSSR count). The summed E-state index contributed by atoms with van der Waals surface area (Å²) in [6, 6.07) is 5.73. The zero-order chi connectivity index (χ0) is 13.4. The standard InChI is InChI=1S/C14H17N3O2/c1-19-11-4-5-13-12(7-11)14(18)17(8-16-13)10-3-2-9(15)6-10/h4-5,7-10H,2-3,6,15H2,1H3/t9-,10-/m1/s1. The normalized spacial score (nSPS) is 22.8. The fourth-order valence-electron chi connectivity index (χ4n) is 2.75. The summed E-state index contributed by atoms with van der Waals surface area (Å²) < 4.78 is 6.88. The lowest BCUT2D eigenvalue weighted by Crippen LogP contribution is -2.25. The van der Waals surface area contributed by atoms with Gasteiger partial charge in [-0.1, -0.05) is 0 Å². The number of ether oxygens (including phenoxy) is 1. The maximum Gasteiger partial charge on any atom is 0.261 e. The molecular formula is C14H17N3O2. The highest BCUT2D eigenvalue weighted by Crippen LogP contribution is 2.28. The summed E-state index contributed by atoms with van der Waals surface area (Å²) in [5.74, 6) is 0.673. The highest BCUT2D eigenvalue weighted by atomic mass is 16.5. The second-order valence-corrected chi connectivity index (χ2v) is 5.07. The van der Waals surface area contributed by atoms with E-state index >= 15 is 0 Å². The second-order valence-electron chi connectivity index (χ2n) is 5.07. The summed E-state index contributed by atoms with van der Waals surface area (Å²) in [6.07, 6.45) is 4.39. The zero-order valence-corrected chi connectivity index (χ0v) is 10.9. The summed E-state index contributed by atoms with van der Waals surface area (Å²) in [4.78, 5) is 16.9. The molecule has 0 radical (unpaired) electrons. The van der Waals surface area contributed by atoms with Gasteiger partial charge in [0.05, 0.1) is 24.3 Å². The highest BCUT2D eigenvalue weighted by Gasteiger charge is 2.24. The van der Waals surface area contributed by atoms with E-state index in [2.05, 4.69) is 4.98 Å². The molecule has 0 bridgehead atoms. The van der Waals surface area contributed by atoms with Crippen LogP contribution in [0.25, 0.3) is 10.9 Å². The molecule has 0 aliphatic heterocycles. The Morgan fingerprint density at radius 2 is 2.26 bits per heavy atom. The molecule has 19 heavy (non-hydrogen) atoms. The molecule has 1 aliphatic carbocycles. The Labute approximate surface area is 111 Å². The van der Waals surface area contributed by atoms with E-state index in [1.165, 1.54) is 0 Å². The van der Waals surface area contributed by atoms with Gasteiger partial charge in [-0.15, -0.1) is 0 Å². The largest absolute Gasteiger partial charge is 0.497 e. The summed E-state index contributed by atoms with van der Waals surface area (Å²) >= 11 is 0. The molecule has 100 valence electrons. The van der Waals surface area contributed by atoms with Crippen molar-refractivity contribution in [3.8, 4) is 5.75 Å². The van der Waals surface area contributed by atoms with Crippen molar-refractivity contribution in [3.63, 3.8) is 0 Å². The molecule has 1 fully saturated rings. The van der Waals surface area contributed by atoms with Crippen molar-refractivity contribution in [3.05, 3.63) is 34.9 Å². The number of aromatic nitrogens is 2. The van der Waals surface area contributed by atoms with Crippen LogP contribution in [-0.2, 0) is 0 Å². The van der Waals surface area contributed by atoms with Crippen molar-refractivity contribution in [2.75, 3.05) is 7.11 Å². The Bertz CT molecular complexity index is 665. The number of benzene rings is 1. The van der Waals surface area contributed by atoms with Crippen LogP contribution < -0.4 is 16.0 Å². The maximum absolute atomic E-state index is 12.5. The van der Waals surface area contributed by atoms with E-state index in [4.69, 9.17) is 10.5 Å². The lowest BCUT2D eigenvalue weighted by atomic mass is 10.2. The van der Waals surface area contributed by atoms with Crippen LogP contribution in [0.5, 0.6) is 5.75 Å². The van der Waals surface area contributed by atoms with Gasteiger partial charge in [0, 0.05) is 12.1 Å². The number of fused-ring (bicyclic) bond motifs is 1. The molecule has 1 heterocycles. The van der Waals surface area contributed by atoms with Crippen molar-refractivity contribution < 1.29 is 4.74 Å². The van der Waals surface area contributed by atoms with E-state index in [1.807, 2.05) is 6.07 Å². The molecule has 1 aromatic carbocycles. The average molecular weight is 259 g/mol. The van der Waals surface area contributed by atoms with Crippen LogP contribution in [0.1, 0.15) is 25.3 Å². The molecule has 0 saturated heterocycles. The van der Waals surface area contributed by atoms with Gasteiger partial charge in [0.2, 0.25) is 0 Å². The van der Waals surface area contributed by atoms with Crippen molar-refractivity contribution >= 4 is 10.9 Å². The molecule has 1 saturated carbocycles. The van der Waals surface area contributed by atoms with Gasteiger partial charge in [-0.25, -0.2) is 4.98 Å². The van der Waals surface area contributed by atoms with Crippen molar-refractivity contribution in [1.29, 1.82) is 0 Å². The van der Waals surface area contributed by atoms with Crippen LogP contribution in [0.15, 0.2) is 29.3 Å². The maximum atomic E-state index is 12.5. The van der Waals surface area contributed by atoms with E-state index in [1.54, 1.807) is 30.1 Å². The Morgan fingerprint density at radius 3 is 2.95 bits per heavy atom. The van der Waals surface area contributed by atoms with Gasteiger partial charge in [0.15, 0.2) is 0 Å². The molecule has 1 aromatic heterocycles. The topological polar surface area (TPSA) is 70.1 Å². The van der Waals surface area contributed by atoms with Gasteiger partial charge in [0.1, 0.15) is 5.75 Å². The molecule has 2 atom stereocenters. The van der Waals surface area contributed by atoms with E-state index in [9.17, 15) is 4.79 Å². The lowest BCUT2D eigenvalue weighted by molar-refractivity contribution is 0.415. The Kier molecular flexibility index (Phi) is 2.98. The van der Waals surface area contributed by atoms with E-state index < -0.39 is 0 Å². The summed E-state index contributed by atoms with van der Waals surface area (Å²) in [6.45, 7) is 0. The Morgan fingerprint density at radius 1 is 1.42 bits per heavy atom. The zero-order valence-electron chi connectivity index (χ0n) is 10.9. The molecule has 5 nitrogen and oxygen atoms in total. The third kappa shape index (κ3) is 2.10. The number of nitrogens with two attached hydrogens (primary N) is 1. The third-order valence-electron chi connectivity index (χ3n) is 3.83. The van der Waals surface area contributed by atoms with Crippen molar-refractivity contribution in [1.82, 2.24) is 9.55 Å². The molecule has 2 aromatic rings. The average Bonchev–Trinajstić information content (AvgIpc) is 2.85. The fraction of sp³-hybridized carbons (Fsp3) is 0.429. The number of nitrogens with zero attached hydrogens (tertiary/aromatic N) is 2. The summed E-state index contributed by atoms with van der Waals surface area (Å²) in [5.41, 5.74) is 6.60. The summed E-state index contributed by atoms with van der Waals surface area (Å²) in [5, 5.41) is 0.599. The van der Waals surface area contributed by atoms with Gasteiger partial charge in [-0.3, -0.25) is 9.36 Å². The van der Waals surface area contributed by atoms with Crippen molar-refractivity contribution in [2.24, 2.45) is 5.73 Å². The smallest absolute Gasteiger partial charge is 0.261 e. The molecular weight excluding hydrogens is 242 g/mol. The van der Waals surface area contributed by atoms with E-state index in [0.29, 0.717) is 16.7 Å². The highest BCUT2D eigenvalue weighted by molar-refractivity contribution is 5.78. The first kappa shape index (κ1) is 12.2. The van der Waals surface area contributed by atoms with Gasteiger partial charge in [0.25, 0.3) is 5.56 Å². The van der Waals surface area contributed by atoms with Crippen LogP contribution in [0, 0.1) is 0 Å². The number of hydrogen-bond donors (Lipinski definition) is 1. The lowest BCUT2D eigenvalue weighted by Gasteiger charge is -2.14. The van der Waals surface area contributed by atoms with Gasteiger partial charge < -0.3 is 10.5 Å². The number of hydrogen-bond acceptors (Lipinski definition) is 4. The van der Waals surface area contributed by atoms with E-state index in [0.717, 1.165) is 19.3 Å². The molecule has 0 unspecified atom stereocenters. The SMILES string of the molecule is COc1ccc2ncn([C@@H]3CC[C@@H](N)C3)c(=O)c2c1. The Hall–Kier alpha value is -1.88. The molecule has 0 amide bonds. The predicted molar refractivity (Wildman–Crippen MR) is 73.4 cm³/mol. The minimum atomic E-state index is -0.0111. The number of rotatable bonds is 2. The predicted octanol–water partition coefficient (Wildman–Crippen LogP) is 1.46.